The third-order valence-electron chi connectivity index (χ3n) is 3.35. The molecule has 0 bridgehead atoms. The largest absolute Gasteiger partial charge is 0.315 e. The standard InChI is InChI=1S/C13H15BrN4/c1-8-5-4-6-9-11(8)16-13-17(3)10(7-15-2)12(14)18(9)13/h4-6,15H,7H2,1-3H3. The van der Waals surface area contributed by atoms with Gasteiger partial charge in [-0.25, -0.2) is 4.98 Å². The van der Waals surface area contributed by atoms with Crippen LogP contribution in [0.1, 0.15) is 11.3 Å². The number of hydrogen-bond donors (Lipinski definition) is 1. The molecule has 0 radical (unpaired) electrons. The predicted octanol–water partition coefficient (Wildman–Crippen LogP) is 2.62. The molecule has 94 valence electrons. The second-order valence-electron chi connectivity index (χ2n) is 4.52. The molecule has 1 aromatic carbocycles. The maximum absolute atomic E-state index is 4.75. The van der Waals surface area contributed by atoms with E-state index >= 15 is 0 Å². The van der Waals surface area contributed by atoms with Crippen molar-refractivity contribution in [2.24, 2.45) is 7.05 Å². The second kappa shape index (κ2) is 4.10. The lowest BCUT2D eigenvalue weighted by Gasteiger charge is -2.02. The van der Waals surface area contributed by atoms with Crippen molar-refractivity contribution >= 4 is 32.7 Å². The van der Waals surface area contributed by atoms with Gasteiger partial charge < -0.3 is 9.88 Å². The molecule has 3 rings (SSSR count). The Morgan fingerprint density at radius 3 is 2.89 bits per heavy atom. The first kappa shape index (κ1) is 11.7. The van der Waals surface area contributed by atoms with E-state index in [0.717, 1.165) is 28.0 Å². The quantitative estimate of drug-likeness (QED) is 0.790. The normalized spacial score (nSPS) is 11.8. The van der Waals surface area contributed by atoms with E-state index in [0.29, 0.717) is 0 Å². The van der Waals surface area contributed by atoms with Crippen LogP contribution in [0.25, 0.3) is 16.8 Å². The predicted molar refractivity (Wildman–Crippen MR) is 76.9 cm³/mol. The van der Waals surface area contributed by atoms with Gasteiger partial charge in [0.05, 0.1) is 16.7 Å². The summed E-state index contributed by atoms with van der Waals surface area (Å²) in [5.74, 6) is 0.969. The van der Waals surface area contributed by atoms with Crippen molar-refractivity contribution in [1.29, 1.82) is 0 Å². The number of nitrogens with one attached hydrogen (secondary N) is 1. The average molecular weight is 307 g/mol. The Bertz CT molecular complexity index is 738. The van der Waals surface area contributed by atoms with Gasteiger partial charge in [0.15, 0.2) is 0 Å². The number of halogens is 1. The zero-order chi connectivity index (χ0) is 12.9. The molecule has 0 aliphatic rings. The molecule has 18 heavy (non-hydrogen) atoms. The lowest BCUT2D eigenvalue weighted by molar-refractivity contribution is 0.738. The van der Waals surface area contributed by atoms with Gasteiger partial charge in [-0.3, -0.25) is 4.40 Å². The molecule has 2 aromatic heterocycles. The Morgan fingerprint density at radius 2 is 2.17 bits per heavy atom. The Hall–Kier alpha value is -1.33. The van der Waals surface area contributed by atoms with Gasteiger partial charge in [-0.05, 0) is 41.5 Å². The molecule has 0 fully saturated rings. The molecule has 1 N–H and O–H groups in total. The Kier molecular flexibility index (Phi) is 2.68. The van der Waals surface area contributed by atoms with Crippen LogP contribution in [0.3, 0.4) is 0 Å². The third-order valence-corrected chi connectivity index (χ3v) is 4.17. The van der Waals surface area contributed by atoms with Crippen LogP contribution in [0.15, 0.2) is 22.8 Å². The van der Waals surface area contributed by atoms with Crippen molar-refractivity contribution in [2.75, 3.05) is 7.05 Å². The fourth-order valence-corrected chi connectivity index (χ4v) is 3.15. The van der Waals surface area contributed by atoms with E-state index in [2.05, 4.69) is 55.3 Å². The van der Waals surface area contributed by atoms with E-state index in [1.165, 1.54) is 11.3 Å². The minimum atomic E-state index is 0.813. The molecule has 3 aromatic rings. The van der Waals surface area contributed by atoms with E-state index in [1.54, 1.807) is 0 Å². The van der Waals surface area contributed by atoms with E-state index in [-0.39, 0.29) is 0 Å². The van der Waals surface area contributed by atoms with Gasteiger partial charge in [0.2, 0.25) is 5.78 Å². The van der Waals surface area contributed by atoms with E-state index in [4.69, 9.17) is 4.98 Å². The summed E-state index contributed by atoms with van der Waals surface area (Å²) in [4.78, 5) is 4.75. The maximum Gasteiger partial charge on any atom is 0.215 e. The summed E-state index contributed by atoms with van der Waals surface area (Å²) < 4.78 is 5.36. The van der Waals surface area contributed by atoms with Crippen molar-refractivity contribution in [2.45, 2.75) is 13.5 Å². The van der Waals surface area contributed by atoms with Crippen molar-refractivity contribution < 1.29 is 0 Å². The number of fused-ring (bicyclic) bond motifs is 3. The summed E-state index contributed by atoms with van der Waals surface area (Å²) in [6.45, 7) is 2.91. The minimum Gasteiger partial charge on any atom is -0.315 e. The van der Waals surface area contributed by atoms with Gasteiger partial charge in [-0.2, -0.15) is 0 Å². The van der Waals surface area contributed by atoms with Crippen LogP contribution in [0.5, 0.6) is 0 Å². The second-order valence-corrected chi connectivity index (χ2v) is 5.27. The zero-order valence-electron chi connectivity index (χ0n) is 10.7. The number of imidazole rings is 2. The number of aryl methyl sites for hydroxylation is 2. The van der Waals surface area contributed by atoms with Crippen LogP contribution in [-0.4, -0.2) is 21.0 Å². The summed E-state index contributed by atoms with van der Waals surface area (Å²) in [5.41, 5.74) is 4.62. The van der Waals surface area contributed by atoms with Crippen LogP contribution in [0, 0.1) is 6.92 Å². The van der Waals surface area contributed by atoms with E-state index in [1.807, 2.05) is 14.1 Å². The van der Waals surface area contributed by atoms with Crippen molar-refractivity contribution in [1.82, 2.24) is 19.3 Å². The van der Waals surface area contributed by atoms with Crippen molar-refractivity contribution in [3.8, 4) is 0 Å². The highest BCUT2D eigenvalue weighted by atomic mass is 79.9. The van der Waals surface area contributed by atoms with Gasteiger partial charge in [0.25, 0.3) is 0 Å². The average Bonchev–Trinajstić information content (AvgIpc) is 2.84. The topological polar surface area (TPSA) is 34.3 Å². The number of hydrogen-bond acceptors (Lipinski definition) is 2. The molecule has 4 nitrogen and oxygen atoms in total. The molecule has 0 aliphatic heterocycles. The van der Waals surface area contributed by atoms with Gasteiger partial charge in [0, 0.05) is 13.6 Å². The SMILES string of the molecule is CNCc1c(Br)n2c3cccc(C)c3nc2n1C. The molecule has 0 saturated carbocycles. The number of nitrogens with zero attached hydrogens (tertiary/aromatic N) is 3. The summed E-state index contributed by atoms with van der Waals surface area (Å²) in [6.07, 6.45) is 0. The minimum absolute atomic E-state index is 0.813. The lowest BCUT2D eigenvalue weighted by Crippen LogP contribution is -2.09. The monoisotopic (exact) mass is 306 g/mol. The maximum atomic E-state index is 4.75. The van der Waals surface area contributed by atoms with Gasteiger partial charge in [0.1, 0.15) is 4.60 Å². The number of aromatic nitrogens is 3. The fraction of sp³-hybridized carbons (Fsp3) is 0.308. The van der Waals surface area contributed by atoms with Crippen LogP contribution in [0.2, 0.25) is 0 Å². The smallest absolute Gasteiger partial charge is 0.215 e. The summed E-state index contributed by atoms with van der Waals surface area (Å²) >= 11 is 3.69. The highest BCUT2D eigenvalue weighted by Crippen LogP contribution is 2.28. The van der Waals surface area contributed by atoms with Gasteiger partial charge >= 0.3 is 0 Å². The molecule has 0 atom stereocenters. The number of rotatable bonds is 2. The molecule has 0 aliphatic carbocycles. The molecular weight excluding hydrogens is 292 g/mol. The highest BCUT2D eigenvalue weighted by Gasteiger charge is 2.17. The van der Waals surface area contributed by atoms with Crippen molar-refractivity contribution in [3.63, 3.8) is 0 Å². The van der Waals surface area contributed by atoms with Crippen LogP contribution < -0.4 is 5.32 Å². The molecular formula is C13H15BrN4. The summed E-state index contributed by atoms with van der Waals surface area (Å²) in [6, 6.07) is 6.27. The molecule has 2 heterocycles. The lowest BCUT2D eigenvalue weighted by atomic mass is 10.2. The van der Waals surface area contributed by atoms with E-state index in [9.17, 15) is 0 Å². The Morgan fingerprint density at radius 1 is 1.39 bits per heavy atom. The third kappa shape index (κ3) is 1.44. The Labute approximate surface area is 114 Å². The summed E-state index contributed by atoms with van der Waals surface area (Å²) in [7, 11) is 4.00. The van der Waals surface area contributed by atoms with Crippen LogP contribution >= 0.6 is 15.9 Å². The van der Waals surface area contributed by atoms with Gasteiger partial charge in [-0.15, -0.1) is 0 Å². The first-order valence-corrected chi connectivity index (χ1v) is 6.70. The number of para-hydroxylation sites is 1. The van der Waals surface area contributed by atoms with Gasteiger partial charge in [-0.1, -0.05) is 12.1 Å². The molecule has 0 unspecified atom stereocenters. The zero-order valence-corrected chi connectivity index (χ0v) is 12.2. The highest BCUT2D eigenvalue weighted by molar-refractivity contribution is 9.10. The summed E-state index contributed by atoms with van der Waals surface area (Å²) in [5, 5.41) is 3.18. The van der Waals surface area contributed by atoms with E-state index < -0.39 is 0 Å². The first-order valence-electron chi connectivity index (χ1n) is 5.90. The number of benzene rings is 1. The van der Waals surface area contributed by atoms with Crippen LogP contribution in [-0.2, 0) is 13.6 Å². The molecule has 0 spiro atoms. The molecule has 0 amide bonds. The molecule has 5 heteroatoms. The van der Waals surface area contributed by atoms with Crippen molar-refractivity contribution in [3.05, 3.63) is 34.1 Å². The molecule has 0 saturated heterocycles. The first-order chi connectivity index (χ1) is 8.65. The fourth-order valence-electron chi connectivity index (χ4n) is 2.39. The Balaban J connectivity index is 2.45. The van der Waals surface area contributed by atoms with Crippen LogP contribution in [0.4, 0.5) is 0 Å².